The molecular weight excluding hydrogens is 308 g/mol. The van der Waals surface area contributed by atoms with Crippen LogP contribution in [0.15, 0.2) is 22.7 Å². The van der Waals surface area contributed by atoms with E-state index in [0.29, 0.717) is 17.4 Å². The van der Waals surface area contributed by atoms with Crippen LogP contribution in [0.5, 0.6) is 5.75 Å². The van der Waals surface area contributed by atoms with Gasteiger partial charge in [0.1, 0.15) is 5.75 Å². The van der Waals surface area contributed by atoms with E-state index in [2.05, 4.69) is 28.2 Å². The average Bonchev–Trinajstić information content (AvgIpc) is 2.77. The van der Waals surface area contributed by atoms with E-state index in [1.54, 1.807) is 0 Å². The molecule has 0 bridgehead atoms. The lowest BCUT2D eigenvalue weighted by atomic mass is 10.2. The van der Waals surface area contributed by atoms with Crippen LogP contribution in [-0.4, -0.2) is 35.0 Å². The van der Waals surface area contributed by atoms with Crippen molar-refractivity contribution in [1.29, 1.82) is 0 Å². The maximum atomic E-state index is 11.5. The van der Waals surface area contributed by atoms with Crippen molar-refractivity contribution in [3.63, 3.8) is 0 Å². The minimum Gasteiger partial charge on any atom is -0.506 e. The van der Waals surface area contributed by atoms with Crippen LogP contribution in [0, 0.1) is 0 Å². The molecule has 1 saturated heterocycles. The predicted molar refractivity (Wildman–Crippen MR) is 77.9 cm³/mol. The molecule has 0 saturated carbocycles. The van der Waals surface area contributed by atoms with Crippen LogP contribution < -0.4 is 5.32 Å². The van der Waals surface area contributed by atoms with Crippen molar-refractivity contribution < 1.29 is 9.90 Å². The number of para-hydroxylation sites is 1. The normalized spacial score (nSPS) is 16.9. The zero-order valence-electron chi connectivity index (χ0n) is 11.0. The quantitative estimate of drug-likeness (QED) is 0.872. The highest BCUT2D eigenvalue weighted by atomic mass is 79.9. The summed E-state index contributed by atoms with van der Waals surface area (Å²) in [5.41, 5.74) is 0.856. The molecule has 1 atom stereocenters. The molecule has 5 heteroatoms. The van der Waals surface area contributed by atoms with Crippen molar-refractivity contribution >= 4 is 21.8 Å². The van der Waals surface area contributed by atoms with E-state index >= 15 is 0 Å². The third-order valence-electron chi connectivity index (χ3n) is 3.38. The first-order chi connectivity index (χ1) is 9.08. The molecular formula is C14H19BrN2O2. The fourth-order valence-corrected chi connectivity index (χ4v) is 2.69. The largest absolute Gasteiger partial charge is 0.506 e. The molecule has 2 N–H and O–H groups in total. The maximum Gasteiger partial charge on any atom is 0.222 e. The van der Waals surface area contributed by atoms with Crippen LogP contribution in [0.2, 0.25) is 0 Å². The first-order valence-corrected chi connectivity index (χ1v) is 7.34. The third-order valence-corrected chi connectivity index (χ3v) is 4.02. The lowest BCUT2D eigenvalue weighted by molar-refractivity contribution is -0.127. The Morgan fingerprint density at radius 3 is 3.00 bits per heavy atom. The number of carbonyl (C=O) groups is 1. The molecule has 1 fully saturated rings. The number of likely N-dealkylation sites (tertiary alicyclic amines) is 1. The predicted octanol–water partition coefficient (Wildman–Crippen LogP) is 2.26. The number of phenolic OH excluding ortho intramolecular Hbond substituents is 1. The summed E-state index contributed by atoms with van der Waals surface area (Å²) in [7, 11) is 0. The van der Waals surface area contributed by atoms with Crippen LogP contribution >= 0.6 is 15.9 Å². The highest BCUT2D eigenvalue weighted by Gasteiger charge is 2.21. The summed E-state index contributed by atoms with van der Waals surface area (Å²) in [6.07, 6.45) is 1.65. The van der Waals surface area contributed by atoms with Gasteiger partial charge in [-0.1, -0.05) is 12.1 Å². The Morgan fingerprint density at radius 2 is 2.32 bits per heavy atom. The van der Waals surface area contributed by atoms with Crippen molar-refractivity contribution in [3.05, 3.63) is 28.2 Å². The van der Waals surface area contributed by atoms with E-state index in [-0.39, 0.29) is 17.7 Å². The number of aromatic hydroxyl groups is 1. The van der Waals surface area contributed by atoms with Gasteiger partial charge < -0.3 is 15.3 Å². The van der Waals surface area contributed by atoms with Crippen LogP contribution in [0.3, 0.4) is 0 Å². The fourth-order valence-electron chi connectivity index (χ4n) is 2.28. The van der Waals surface area contributed by atoms with Crippen LogP contribution in [0.4, 0.5) is 0 Å². The summed E-state index contributed by atoms with van der Waals surface area (Å²) in [6.45, 7) is 4.25. The summed E-state index contributed by atoms with van der Waals surface area (Å²) in [5, 5.41) is 13.2. The Morgan fingerprint density at radius 1 is 1.53 bits per heavy atom. The number of halogens is 1. The molecule has 19 heavy (non-hydrogen) atoms. The van der Waals surface area contributed by atoms with Gasteiger partial charge in [-0.3, -0.25) is 4.79 Å². The van der Waals surface area contributed by atoms with Crippen LogP contribution in [-0.2, 0) is 11.3 Å². The minimum atomic E-state index is 0.209. The van der Waals surface area contributed by atoms with Crippen LogP contribution in [0.1, 0.15) is 25.3 Å². The van der Waals surface area contributed by atoms with E-state index in [0.717, 1.165) is 25.1 Å². The number of amides is 1. The molecule has 1 amide bonds. The first kappa shape index (κ1) is 14.3. The van der Waals surface area contributed by atoms with Gasteiger partial charge >= 0.3 is 0 Å². The number of rotatable bonds is 5. The van der Waals surface area contributed by atoms with E-state index in [9.17, 15) is 9.90 Å². The topological polar surface area (TPSA) is 52.6 Å². The zero-order chi connectivity index (χ0) is 13.8. The molecule has 1 aliphatic rings. The Bertz CT molecular complexity index is 465. The van der Waals surface area contributed by atoms with Crippen LogP contribution in [0.25, 0.3) is 0 Å². The third kappa shape index (κ3) is 3.70. The maximum absolute atomic E-state index is 11.5. The highest BCUT2D eigenvalue weighted by molar-refractivity contribution is 9.10. The highest BCUT2D eigenvalue weighted by Crippen LogP contribution is 2.27. The fraction of sp³-hybridized carbons (Fsp3) is 0.500. The van der Waals surface area contributed by atoms with Gasteiger partial charge in [-0.15, -0.1) is 0 Å². The standard InChI is InChI=1S/C14H19BrN2O2/c1-10(9-17-7-3-6-13(17)18)16-8-11-4-2-5-12(15)14(11)19/h2,4-5,10,16,19H,3,6-9H2,1H3. The molecule has 0 aliphatic carbocycles. The van der Waals surface area contributed by atoms with Crippen molar-refractivity contribution in [2.24, 2.45) is 0 Å². The molecule has 1 aromatic carbocycles. The molecule has 1 aliphatic heterocycles. The molecule has 1 unspecified atom stereocenters. The van der Waals surface area contributed by atoms with Crippen molar-refractivity contribution in [2.45, 2.75) is 32.4 Å². The van der Waals surface area contributed by atoms with Gasteiger partial charge in [0.25, 0.3) is 0 Å². The number of carbonyl (C=O) groups excluding carboxylic acids is 1. The molecule has 1 aromatic rings. The van der Waals surface area contributed by atoms with Crippen molar-refractivity contribution in [3.8, 4) is 5.75 Å². The Labute approximate surface area is 121 Å². The van der Waals surface area contributed by atoms with Gasteiger partial charge in [0, 0.05) is 37.7 Å². The first-order valence-electron chi connectivity index (χ1n) is 6.55. The van der Waals surface area contributed by atoms with Gasteiger partial charge in [0.15, 0.2) is 0 Å². The number of nitrogens with one attached hydrogen (secondary N) is 1. The zero-order valence-corrected chi connectivity index (χ0v) is 12.6. The summed E-state index contributed by atoms with van der Waals surface area (Å²) in [4.78, 5) is 13.4. The summed E-state index contributed by atoms with van der Waals surface area (Å²) in [6, 6.07) is 5.81. The van der Waals surface area contributed by atoms with Gasteiger partial charge in [-0.25, -0.2) is 0 Å². The smallest absolute Gasteiger partial charge is 0.222 e. The lowest BCUT2D eigenvalue weighted by Gasteiger charge is -2.22. The molecule has 104 valence electrons. The second-order valence-corrected chi connectivity index (χ2v) is 5.83. The monoisotopic (exact) mass is 326 g/mol. The molecule has 0 aromatic heterocycles. The van der Waals surface area contributed by atoms with Crippen molar-refractivity contribution in [1.82, 2.24) is 10.2 Å². The minimum absolute atomic E-state index is 0.209. The van der Waals surface area contributed by atoms with Gasteiger partial charge in [0.2, 0.25) is 5.91 Å². The molecule has 0 radical (unpaired) electrons. The Kier molecular flexibility index (Phi) is 4.82. The molecule has 0 spiro atoms. The van der Waals surface area contributed by atoms with E-state index in [1.165, 1.54) is 0 Å². The SMILES string of the molecule is CC(CN1CCCC1=O)NCc1cccc(Br)c1O. The van der Waals surface area contributed by atoms with Crippen molar-refractivity contribution in [2.75, 3.05) is 13.1 Å². The van der Waals surface area contributed by atoms with Gasteiger partial charge in [0.05, 0.1) is 4.47 Å². The number of nitrogens with zero attached hydrogens (tertiary/aromatic N) is 1. The lowest BCUT2D eigenvalue weighted by Crippen LogP contribution is -2.39. The molecule has 1 heterocycles. The number of hydrogen-bond donors (Lipinski definition) is 2. The average molecular weight is 327 g/mol. The Hall–Kier alpha value is -1.07. The molecule has 2 rings (SSSR count). The van der Waals surface area contributed by atoms with E-state index in [1.807, 2.05) is 23.1 Å². The summed E-state index contributed by atoms with van der Waals surface area (Å²) >= 11 is 3.30. The van der Waals surface area contributed by atoms with Gasteiger partial charge in [-0.2, -0.15) is 0 Å². The number of benzene rings is 1. The second kappa shape index (κ2) is 6.39. The second-order valence-electron chi connectivity index (χ2n) is 4.97. The van der Waals surface area contributed by atoms with E-state index < -0.39 is 0 Å². The number of phenols is 1. The van der Waals surface area contributed by atoms with Gasteiger partial charge in [-0.05, 0) is 35.3 Å². The number of hydrogen-bond acceptors (Lipinski definition) is 3. The van der Waals surface area contributed by atoms with E-state index in [4.69, 9.17) is 0 Å². The summed E-state index contributed by atoms with van der Waals surface area (Å²) in [5.74, 6) is 0.526. The Balaban J connectivity index is 1.84. The summed E-state index contributed by atoms with van der Waals surface area (Å²) < 4.78 is 0.703. The molecule has 4 nitrogen and oxygen atoms in total.